The normalized spacial score (nSPS) is 11.8. The molecule has 1 amide bonds. The molecule has 0 aliphatic rings. The van der Waals surface area contributed by atoms with E-state index >= 15 is 0 Å². The molecule has 0 fully saturated rings. The maximum absolute atomic E-state index is 12.4. The minimum absolute atomic E-state index is 0.0203. The Morgan fingerprint density at radius 1 is 1.15 bits per heavy atom. The van der Waals surface area contributed by atoms with Crippen LogP contribution in [-0.4, -0.2) is 33.2 Å². The van der Waals surface area contributed by atoms with E-state index in [9.17, 15) is 4.79 Å². The molecule has 1 atom stereocenters. The highest BCUT2D eigenvalue weighted by atomic mass is 16.5. The highest BCUT2D eigenvalue weighted by Crippen LogP contribution is 2.20. The number of nitrogens with one attached hydrogen (secondary N) is 1. The van der Waals surface area contributed by atoms with Crippen LogP contribution in [-0.2, 0) is 11.3 Å². The number of hydrogen-bond acceptors (Lipinski definition) is 5. The van der Waals surface area contributed by atoms with Crippen LogP contribution in [0, 0.1) is 0 Å². The molecule has 1 aromatic heterocycles. The molecule has 1 heterocycles. The van der Waals surface area contributed by atoms with Crippen LogP contribution in [0.25, 0.3) is 11.4 Å². The zero-order valence-corrected chi connectivity index (χ0v) is 14.8. The molecule has 0 spiro atoms. The molecular weight excluding hydrogens is 330 g/mol. The lowest BCUT2D eigenvalue weighted by molar-refractivity contribution is -0.122. The predicted molar refractivity (Wildman–Crippen MR) is 97.4 cm³/mol. The van der Waals surface area contributed by atoms with E-state index in [1.807, 2.05) is 61.5 Å². The van der Waals surface area contributed by atoms with Gasteiger partial charge in [-0.05, 0) is 29.3 Å². The Morgan fingerprint density at radius 3 is 2.54 bits per heavy atom. The number of methoxy groups -OCH3 is 1. The third-order valence-electron chi connectivity index (χ3n) is 4.03. The molecule has 0 aliphatic carbocycles. The van der Waals surface area contributed by atoms with Gasteiger partial charge in [0.1, 0.15) is 12.3 Å². The van der Waals surface area contributed by atoms with Crippen molar-refractivity contribution in [3.05, 3.63) is 60.2 Å². The Balaban J connectivity index is 1.63. The molecule has 1 N–H and O–H groups in total. The van der Waals surface area contributed by atoms with Crippen molar-refractivity contribution in [1.29, 1.82) is 0 Å². The number of carbonyl (C=O) groups is 1. The predicted octanol–water partition coefficient (Wildman–Crippen LogP) is 2.62. The second kappa shape index (κ2) is 8.24. The van der Waals surface area contributed by atoms with Gasteiger partial charge >= 0.3 is 0 Å². The summed E-state index contributed by atoms with van der Waals surface area (Å²) in [7, 11) is 1.63. The van der Waals surface area contributed by atoms with Crippen LogP contribution >= 0.6 is 0 Å². The molecule has 134 valence electrons. The van der Waals surface area contributed by atoms with Gasteiger partial charge in [-0.3, -0.25) is 4.79 Å². The van der Waals surface area contributed by atoms with E-state index in [1.54, 1.807) is 7.11 Å². The van der Waals surface area contributed by atoms with Crippen LogP contribution in [0.4, 0.5) is 0 Å². The molecule has 0 radical (unpaired) electrons. The van der Waals surface area contributed by atoms with E-state index in [-0.39, 0.29) is 18.5 Å². The van der Waals surface area contributed by atoms with Crippen LogP contribution in [0.5, 0.6) is 5.75 Å². The molecule has 7 heteroatoms. The fourth-order valence-electron chi connectivity index (χ4n) is 2.64. The first kappa shape index (κ1) is 17.6. The molecule has 3 rings (SSSR count). The fourth-order valence-corrected chi connectivity index (χ4v) is 2.64. The molecule has 0 bridgehead atoms. The van der Waals surface area contributed by atoms with Crippen LogP contribution in [0.3, 0.4) is 0 Å². The largest absolute Gasteiger partial charge is 0.497 e. The van der Waals surface area contributed by atoms with E-state index in [0.717, 1.165) is 23.3 Å². The number of amides is 1. The SMILES string of the molecule is CCC(NC(=O)Cn1nnc(-c2ccccc2)n1)c1ccc(OC)cc1. The zero-order valence-electron chi connectivity index (χ0n) is 14.8. The number of benzene rings is 2. The summed E-state index contributed by atoms with van der Waals surface area (Å²) < 4.78 is 5.17. The van der Waals surface area contributed by atoms with Crippen LogP contribution in [0.2, 0.25) is 0 Å². The first-order valence-corrected chi connectivity index (χ1v) is 8.46. The number of ether oxygens (including phenoxy) is 1. The standard InChI is InChI=1S/C19H21N5O2/c1-3-17(14-9-11-16(26-2)12-10-14)20-18(25)13-24-22-19(21-23-24)15-7-5-4-6-8-15/h4-12,17H,3,13H2,1-2H3,(H,20,25). The lowest BCUT2D eigenvalue weighted by Crippen LogP contribution is -2.32. The summed E-state index contributed by atoms with van der Waals surface area (Å²) in [6, 6.07) is 17.1. The molecule has 3 aromatic rings. The Labute approximate surface area is 152 Å². The third kappa shape index (κ3) is 4.24. The van der Waals surface area contributed by atoms with Crippen molar-refractivity contribution in [3.63, 3.8) is 0 Å². The van der Waals surface area contributed by atoms with Gasteiger partial charge in [0.05, 0.1) is 13.2 Å². The zero-order chi connectivity index (χ0) is 18.4. The van der Waals surface area contributed by atoms with E-state index in [1.165, 1.54) is 4.80 Å². The number of nitrogens with zero attached hydrogens (tertiary/aromatic N) is 4. The Morgan fingerprint density at radius 2 is 1.88 bits per heavy atom. The van der Waals surface area contributed by atoms with E-state index in [0.29, 0.717) is 5.82 Å². The molecule has 26 heavy (non-hydrogen) atoms. The molecule has 2 aromatic carbocycles. The monoisotopic (exact) mass is 351 g/mol. The maximum atomic E-state index is 12.4. The smallest absolute Gasteiger partial charge is 0.244 e. The number of tetrazole rings is 1. The molecule has 1 unspecified atom stereocenters. The van der Waals surface area contributed by atoms with Crippen molar-refractivity contribution in [2.24, 2.45) is 0 Å². The summed E-state index contributed by atoms with van der Waals surface area (Å²) in [6.07, 6.45) is 0.776. The Bertz CT molecular complexity index is 846. The summed E-state index contributed by atoms with van der Waals surface area (Å²) in [5.41, 5.74) is 1.89. The summed E-state index contributed by atoms with van der Waals surface area (Å²) in [5.74, 6) is 1.13. The lowest BCUT2D eigenvalue weighted by Gasteiger charge is -2.17. The van der Waals surface area contributed by atoms with Gasteiger partial charge in [-0.25, -0.2) is 0 Å². The number of aromatic nitrogens is 4. The second-order valence-electron chi connectivity index (χ2n) is 5.81. The van der Waals surface area contributed by atoms with Gasteiger partial charge in [-0.2, -0.15) is 4.80 Å². The quantitative estimate of drug-likeness (QED) is 0.707. The van der Waals surface area contributed by atoms with Gasteiger partial charge in [0, 0.05) is 5.56 Å². The summed E-state index contributed by atoms with van der Waals surface area (Å²) >= 11 is 0. The van der Waals surface area contributed by atoms with E-state index in [4.69, 9.17) is 4.74 Å². The van der Waals surface area contributed by atoms with Gasteiger partial charge in [-0.1, -0.05) is 49.4 Å². The van der Waals surface area contributed by atoms with Gasteiger partial charge < -0.3 is 10.1 Å². The Hall–Kier alpha value is -3.22. The maximum Gasteiger partial charge on any atom is 0.244 e. The van der Waals surface area contributed by atoms with Crippen LogP contribution in [0.15, 0.2) is 54.6 Å². The number of carbonyl (C=O) groups excluding carboxylic acids is 1. The highest BCUT2D eigenvalue weighted by molar-refractivity contribution is 5.76. The van der Waals surface area contributed by atoms with Gasteiger partial charge in [0.15, 0.2) is 0 Å². The summed E-state index contributed by atoms with van der Waals surface area (Å²) in [6.45, 7) is 2.04. The van der Waals surface area contributed by atoms with Gasteiger partial charge in [0.25, 0.3) is 0 Å². The van der Waals surface area contributed by atoms with Crippen LogP contribution in [0.1, 0.15) is 24.9 Å². The summed E-state index contributed by atoms with van der Waals surface area (Å²) in [4.78, 5) is 13.7. The van der Waals surface area contributed by atoms with E-state index in [2.05, 4.69) is 20.7 Å². The molecule has 7 nitrogen and oxygen atoms in total. The van der Waals surface area contributed by atoms with Crippen molar-refractivity contribution >= 4 is 5.91 Å². The lowest BCUT2D eigenvalue weighted by atomic mass is 10.0. The molecule has 0 saturated heterocycles. The minimum atomic E-state index is -0.162. The van der Waals surface area contributed by atoms with Crippen molar-refractivity contribution in [2.75, 3.05) is 7.11 Å². The summed E-state index contributed by atoms with van der Waals surface area (Å²) in [5, 5.41) is 15.2. The highest BCUT2D eigenvalue weighted by Gasteiger charge is 2.15. The topological polar surface area (TPSA) is 81.9 Å². The first-order chi connectivity index (χ1) is 12.7. The average Bonchev–Trinajstić information content (AvgIpc) is 3.15. The van der Waals surface area contributed by atoms with Crippen LogP contribution < -0.4 is 10.1 Å². The van der Waals surface area contributed by atoms with Crippen molar-refractivity contribution in [2.45, 2.75) is 25.9 Å². The number of hydrogen-bond donors (Lipinski definition) is 1. The minimum Gasteiger partial charge on any atom is -0.497 e. The van der Waals surface area contributed by atoms with Crippen molar-refractivity contribution in [3.8, 4) is 17.1 Å². The fraction of sp³-hybridized carbons (Fsp3) is 0.263. The van der Waals surface area contributed by atoms with Crippen molar-refractivity contribution < 1.29 is 9.53 Å². The third-order valence-corrected chi connectivity index (χ3v) is 4.03. The second-order valence-corrected chi connectivity index (χ2v) is 5.81. The van der Waals surface area contributed by atoms with Gasteiger partial charge in [-0.15, -0.1) is 10.2 Å². The van der Waals surface area contributed by atoms with Crippen molar-refractivity contribution in [1.82, 2.24) is 25.5 Å². The first-order valence-electron chi connectivity index (χ1n) is 8.46. The average molecular weight is 351 g/mol. The molecule has 0 saturated carbocycles. The molecular formula is C19H21N5O2. The Kier molecular flexibility index (Phi) is 5.58. The van der Waals surface area contributed by atoms with E-state index < -0.39 is 0 Å². The number of rotatable bonds is 7. The molecule has 0 aliphatic heterocycles. The van der Waals surface area contributed by atoms with Gasteiger partial charge in [0.2, 0.25) is 11.7 Å².